The van der Waals surface area contributed by atoms with Gasteiger partial charge in [-0.05, 0) is 77.0 Å². The van der Waals surface area contributed by atoms with Crippen LogP contribution in [0.2, 0.25) is 0 Å². The highest BCUT2D eigenvalue weighted by Gasteiger charge is 2.25. The van der Waals surface area contributed by atoms with Crippen LogP contribution in [0.5, 0.6) is 0 Å². The fourth-order valence-corrected chi connectivity index (χ4v) is 5.41. The van der Waals surface area contributed by atoms with E-state index in [0.717, 1.165) is 89.9 Å². The lowest BCUT2D eigenvalue weighted by Crippen LogP contribution is -2.40. The Bertz CT molecular complexity index is 1090. The number of carbonyl (C=O) groups excluding carboxylic acids is 2. The number of esters is 2. The molecule has 0 amide bonds. The Morgan fingerprint density at radius 3 is 1.56 bits per heavy atom. The van der Waals surface area contributed by atoms with Gasteiger partial charge in [0.15, 0.2) is 6.10 Å². The van der Waals surface area contributed by atoms with Gasteiger partial charge in [0.05, 0.1) is 34.4 Å². The lowest BCUT2D eigenvalue weighted by molar-refractivity contribution is -0.870. The van der Waals surface area contributed by atoms with Crippen LogP contribution in [0.1, 0.15) is 155 Å². The van der Waals surface area contributed by atoms with Crippen LogP contribution in [0.25, 0.3) is 0 Å². The van der Waals surface area contributed by atoms with Crippen LogP contribution in [0.15, 0.2) is 60.8 Å². The molecule has 316 valence electrons. The molecule has 0 aromatic carbocycles. The molecule has 0 saturated heterocycles. The van der Waals surface area contributed by atoms with Gasteiger partial charge in [0.1, 0.15) is 13.2 Å². The first kappa shape index (κ1) is 52.0. The van der Waals surface area contributed by atoms with E-state index < -0.39 is 24.3 Å². The van der Waals surface area contributed by atoms with E-state index in [-0.39, 0.29) is 38.6 Å². The number of carbonyl (C=O) groups is 3. The van der Waals surface area contributed by atoms with Gasteiger partial charge >= 0.3 is 17.9 Å². The molecule has 0 aromatic rings. The first-order valence-electron chi connectivity index (χ1n) is 21.5. The van der Waals surface area contributed by atoms with Gasteiger partial charge in [-0.1, -0.05) is 126 Å². The van der Waals surface area contributed by atoms with Crippen molar-refractivity contribution in [1.29, 1.82) is 0 Å². The van der Waals surface area contributed by atoms with E-state index in [4.69, 9.17) is 18.9 Å². The van der Waals surface area contributed by atoms with Crippen molar-refractivity contribution in [3.05, 3.63) is 60.8 Å². The summed E-state index contributed by atoms with van der Waals surface area (Å²) in [6.07, 6.45) is 41.3. The molecule has 1 N–H and O–H groups in total. The standard InChI is InChI=1S/C46H79NO8/c1-6-8-10-12-14-16-18-20-21-22-23-25-27-29-31-33-35-37-44(49)55-42(41-54-46(45(50)51)52-39-38-47(3,4)5)40-53-43(48)36-34-32-30-28-26-24-19-17-15-13-11-9-7-2/h8,10,14,16-17,19-21,23,25,42,46H,6-7,9,11-13,15,18,22,24,26-41H2,1-5H3/p+1/b10-8-,16-14-,19-17-,21-20-,25-23-. The minimum absolute atomic E-state index is 0.179. The van der Waals surface area contributed by atoms with Crippen molar-refractivity contribution in [3.8, 4) is 0 Å². The van der Waals surface area contributed by atoms with Crippen molar-refractivity contribution in [2.75, 3.05) is 47.5 Å². The molecule has 0 aromatic heterocycles. The van der Waals surface area contributed by atoms with Crippen LogP contribution < -0.4 is 0 Å². The molecule has 2 atom stereocenters. The highest BCUT2D eigenvalue weighted by molar-refractivity contribution is 5.71. The number of nitrogens with zero attached hydrogens (tertiary/aromatic N) is 1. The molecule has 55 heavy (non-hydrogen) atoms. The van der Waals surface area contributed by atoms with Crippen molar-refractivity contribution in [2.45, 2.75) is 167 Å². The fraction of sp³-hybridized carbons (Fsp3) is 0.717. The smallest absolute Gasteiger partial charge is 0.361 e. The molecule has 0 aliphatic carbocycles. The molecule has 0 aliphatic rings. The zero-order valence-electron chi connectivity index (χ0n) is 35.6. The van der Waals surface area contributed by atoms with Crippen molar-refractivity contribution >= 4 is 17.9 Å². The Labute approximate surface area is 335 Å². The molecule has 0 rings (SSSR count). The lowest BCUT2D eigenvalue weighted by atomic mass is 10.1. The van der Waals surface area contributed by atoms with E-state index >= 15 is 0 Å². The Morgan fingerprint density at radius 1 is 0.564 bits per heavy atom. The van der Waals surface area contributed by atoms with E-state index in [2.05, 4.69) is 74.6 Å². The van der Waals surface area contributed by atoms with Gasteiger partial charge in [0.25, 0.3) is 6.29 Å². The average molecular weight is 775 g/mol. The highest BCUT2D eigenvalue weighted by atomic mass is 16.7. The zero-order valence-corrected chi connectivity index (χ0v) is 35.6. The summed E-state index contributed by atoms with van der Waals surface area (Å²) >= 11 is 0. The van der Waals surface area contributed by atoms with Gasteiger partial charge in [0.2, 0.25) is 0 Å². The van der Waals surface area contributed by atoms with Gasteiger partial charge < -0.3 is 28.5 Å². The van der Waals surface area contributed by atoms with E-state index in [1.54, 1.807) is 0 Å². The number of likely N-dealkylation sites (N-methyl/N-ethyl adjacent to an activating group) is 1. The molecule has 9 nitrogen and oxygen atoms in total. The van der Waals surface area contributed by atoms with E-state index in [1.807, 2.05) is 21.1 Å². The van der Waals surface area contributed by atoms with Gasteiger partial charge in [0, 0.05) is 12.8 Å². The summed E-state index contributed by atoms with van der Waals surface area (Å²) in [5, 5.41) is 9.62. The Hall–Kier alpha value is -3.01. The molecule has 0 bridgehead atoms. The van der Waals surface area contributed by atoms with Crippen molar-refractivity contribution in [2.24, 2.45) is 0 Å². The van der Waals surface area contributed by atoms with Gasteiger partial charge in [-0.15, -0.1) is 0 Å². The van der Waals surface area contributed by atoms with Crippen LogP contribution in [0.4, 0.5) is 0 Å². The number of rotatable bonds is 38. The maximum Gasteiger partial charge on any atom is 0.361 e. The highest BCUT2D eigenvalue weighted by Crippen LogP contribution is 2.12. The number of carboxylic acids is 1. The molecule has 2 unspecified atom stereocenters. The van der Waals surface area contributed by atoms with Crippen molar-refractivity contribution < 1.29 is 42.9 Å². The summed E-state index contributed by atoms with van der Waals surface area (Å²) in [7, 11) is 5.93. The summed E-state index contributed by atoms with van der Waals surface area (Å²) < 4.78 is 22.6. The molecule has 0 aliphatic heterocycles. The number of hydrogen-bond donors (Lipinski definition) is 1. The first-order valence-corrected chi connectivity index (χ1v) is 21.5. The lowest BCUT2D eigenvalue weighted by Gasteiger charge is -2.25. The second-order valence-corrected chi connectivity index (χ2v) is 15.3. The monoisotopic (exact) mass is 775 g/mol. The summed E-state index contributed by atoms with van der Waals surface area (Å²) in [5.41, 5.74) is 0. The molecule has 0 saturated carbocycles. The normalized spacial score (nSPS) is 13.5. The largest absolute Gasteiger partial charge is 0.477 e. The van der Waals surface area contributed by atoms with Crippen LogP contribution in [0, 0.1) is 0 Å². The Kier molecular flexibility index (Phi) is 35.8. The van der Waals surface area contributed by atoms with Gasteiger partial charge in [-0.25, -0.2) is 4.79 Å². The average Bonchev–Trinajstić information content (AvgIpc) is 3.14. The third-order valence-electron chi connectivity index (χ3n) is 8.76. The molecule has 0 radical (unpaired) electrons. The number of quaternary nitrogens is 1. The van der Waals surface area contributed by atoms with Gasteiger partial charge in [-0.2, -0.15) is 0 Å². The third kappa shape index (κ3) is 39.0. The molecule has 0 spiro atoms. The molecular formula is C46H80NO8+. The first-order chi connectivity index (χ1) is 26.6. The maximum atomic E-state index is 12.7. The minimum atomic E-state index is -1.52. The summed E-state index contributed by atoms with van der Waals surface area (Å²) in [6, 6.07) is 0. The number of allylic oxidation sites excluding steroid dienone is 10. The Balaban J connectivity index is 4.54. The minimum Gasteiger partial charge on any atom is -0.477 e. The fourth-order valence-electron chi connectivity index (χ4n) is 5.41. The van der Waals surface area contributed by atoms with Crippen LogP contribution in [0.3, 0.4) is 0 Å². The SMILES string of the molecule is CC/C=C\C/C=C\C/C=C\C/C=C\CCCCCCC(=O)OC(COC(=O)CCCCCCC/C=C\CCCCCC)COC(OCC[N+](C)(C)C)C(=O)O. The van der Waals surface area contributed by atoms with Crippen molar-refractivity contribution in [1.82, 2.24) is 0 Å². The van der Waals surface area contributed by atoms with Crippen molar-refractivity contribution in [3.63, 3.8) is 0 Å². The predicted molar refractivity (Wildman–Crippen MR) is 226 cm³/mol. The maximum absolute atomic E-state index is 12.7. The topological polar surface area (TPSA) is 108 Å². The zero-order chi connectivity index (χ0) is 40.7. The summed E-state index contributed by atoms with van der Waals surface area (Å²) in [4.78, 5) is 37.0. The third-order valence-corrected chi connectivity index (χ3v) is 8.76. The number of aliphatic carboxylic acids is 1. The van der Waals surface area contributed by atoms with E-state index in [9.17, 15) is 19.5 Å². The molecular weight excluding hydrogens is 695 g/mol. The number of ether oxygens (including phenoxy) is 4. The molecule has 9 heteroatoms. The Morgan fingerprint density at radius 2 is 1.04 bits per heavy atom. The van der Waals surface area contributed by atoms with Gasteiger partial charge in [-0.3, -0.25) is 9.59 Å². The second-order valence-electron chi connectivity index (χ2n) is 15.3. The van der Waals surface area contributed by atoms with Crippen LogP contribution in [-0.4, -0.2) is 87.4 Å². The van der Waals surface area contributed by atoms with Crippen LogP contribution >= 0.6 is 0 Å². The quantitative estimate of drug-likeness (QED) is 0.0217. The number of unbranched alkanes of at least 4 members (excludes halogenated alkanes) is 13. The molecule has 0 fully saturated rings. The summed E-state index contributed by atoms with van der Waals surface area (Å²) in [6.45, 7) is 4.68. The van der Waals surface area contributed by atoms with Crippen LogP contribution in [-0.2, 0) is 33.3 Å². The van der Waals surface area contributed by atoms with E-state index in [0.29, 0.717) is 17.4 Å². The van der Waals surface area contributed by atoms with E-state index in [1.165, 1.54) is 32.1 Å². The summed E-state index contributed by atoms with van der Waals surface area (Å²) in [5.74, 6) is -2.06. The number of carboxylic acid groups (broad SMARTS) is 1. The number of hydrogen-bond acceptors (Lipinski definition) is 7. The second kappa shape index (κ2) is 37.9. The molecule has 0 heterocycles. The predicted octanol–water partition coefficient (Wildman–Crippen LogP) is 11.0.